The molecule has 0 saturated heterocycles. The van der Waals surface area contributed by atoms with E-state index in [9.17, 15) is 9.90 Å². The predicted octanol–water partition coefficient (Wildman–Crippen LogP) is 2.53. The number of hydrogen-bond acceptors (Lipinski definition) is 7. The minimum Gasteiger partial charge on any atom is -0.490 e. The van der Waals surface area contributed by atoms with Crippen LogP contribution < -0.4 is 15.0 Å². The highest BCUT2D eigenvalue weighted by Gasteiger charge is 2.27. The second-order valence-electron chi connectivity index (χ2n) is 9.08. The monoisotopic (exact) mass is 427 g/mol. The van der Waals surface area contributed by atoms with Gasteiger partial charge in [0, 0.05) is 36.6 Å². The molecule has 0 spiro atoms. The molecule has 31 heavy (non-hydrogen) atoms. The summed E-state index contributed by atoms with van der Waals surface area (Å²) in [5.41, 5.74) is 1.77. The Morgan fingerprint density at radius 3 is 2.71 bits per heavy atom. The first-order chi connectivity index (χ1) is 14.5. The van der Waals surface area contributed by atoms with E-state index >= 15 is 0 Å². The van der Waals surface area contributed by atoms with Crippen molar-refractivity contribution < 1.29 is 14.6 Å². The Balaban J connectivity index is 1.93. The van der Waals surface area contributed by atoms with Crippen LogP contribution in [-0.4, -0.2) is 57.3 Å². The number of ether oxygens (including phenoxy) is 1. The molecule has 0 aromatic carbocycles. The van der Waals surface area contributed by atoms with Crippen LogP contribution in [-0.2, 0) is 17.6 Å². The summed E-state index contributed by atoms with van der Waals surface area (Å²) in [6, 6.07) is 3.23. The number of anilines is 1. The van der Waals surface area contributed by atoms with Crippen LogP contribution >= 0.6 is 0 Å². The summed E-state index contributed by atoms with van der Waals surface area (Å²) in [7, 11) is 1.89. The zero-order valence-corrected chi connectivity index (χ0v) is 19.3. The molecule has 0 bridgehead atoms. The van der Waals surface area contributed by atoms with Gasteiger partial charge in [0.05, 0.1) is 5.60 Å². The van der Waals surface area contributed by atoms with Crippen LogP contribution in [0.3, 0.4) is 0 Å². The second-order valence-corrected chi connectivity index (χ2v) is 9.08. The van der Waals surface area contributed by atoms with Gasteiger partial charge in [0.2, 0.25) is 5.91 Å². The lowest BCUT2D eigenvalue weighted by atomic mass is 10.1. The molecule has 0 fully saturated rings. The standard InChI is InChI=1S/C23H33N5O3/c1-14(2)25-22(29)15(3)28(6)21-17-8-7-9-18(17)26-20(27-21)19-12-16(10-11-24-19)31-13-23(4,5)30/h10-12,14-15,30H,7-9,13H2,1-6H3,(H,25,29). The van der Waals surface area contributed by atoms with Gasteiger partial charge in [-0.2, -0.15) is 0 Å². The summed E-state index contributed by atoms with van der Waals surface area (Å²) in [5, 5.41) is 12.9. The Morgan fingerprint density at radius 1 is 1.29 bits per heavy atom. The third-order valence-corrected chi connectivity index (χ3v) is 5.19. The molecule has 2 N–H and O–H groups in total. The van der Waals surface area contributed by atoms with Crippen molar-refractivity contribution in [2.24, 2.45) is 0 Å². The highest BCUT2D eigenvalue weighted by molar-refractivity contribution is 5.85. The number of pyridine rings is 1. The average molecular weight is 428 g/mol. The highest BCUT2D eigenvalue weighted by atomic mass is 16.5. The summed E-state index contributed by atoms with van der Waals surface area (Å²) in [6.07, 6.45) is 4.44. The van der Waals surface area contributed by atoms with Crippen molar-refractivity contribution >= 4 is 11.7 Å². The number of rotatable bonds is 8. The number of aliphatic hydroxyl groups is 1. The van der Waals surface area contributed by atoms with Gasteiger partial charge < -0.3 is 20.1 Å². The average Bonchev–Trinajstić information content (AvgIpc) is 3.18. The summed E-state index contributed by atoms with van der Waals surface area (Å²) < 4.78 is 5.70. The molecule has 0 saturated carbocycles. The molecule has 2 aromatic rings. The molecule has 1 aliphatic rings. The van der Waals surface area contributed by atoms with Gasteiger partial charge in [-0.25, -0.2) is 9.97 Å². The van der Waals surface area contributed by atoms with E-state index in [2.05, 4.69) is 10.3 Å². The summed E-state index contributed by atoms with van der Waals surface area (Å²) in [4.78, 5) is 28.5. The van der Waals surface area contributed by atoms with Crippen molar-refractivity contribution in [2.75, 3.05) is 18.6 Å². The molecular weight excluding hydrogens is 394 g/mol. The molecule has 1 aliphatic carbocycles. The number of aromatic nitrogens is 3. The SMILES string of the molecule is CC(C)NC(=O)C(C)N(C)c1nc(-c2cc(OCC(C)(C)O)ccn2)nc2c1CCC2. The fourth-order valence-electron chi connectivity index (χ4n) is 3.47. The van der Waals surface area contributed by atoms with E-state index in [0.29, 0.717) is 17.3 Å². The lowest BCUT2D eigenvalue weighted by Crippen LogP contribution is -2.46. The summed E-state index contributed by atoms with van der Waals surface area (Å²) in [5.74, 6) is 1.83. The number of nitrogens with one attached hydrogen (secondary N) is 1. The Labute approximate surface area is 184 Å². The Morgan fingerprint density at radius 2 is 2.03 bits per heavy atom. The minimum absolute atomic E-state index is 0.0375. The second kappa shape index (κ2) is 9.18. The molecule has 0 aliphatic heterocycles. The molecule has 2 aromatic heterocycles. The van der Waals surface area contributed by atoms with Crippen LogP contribution in [0.25, 0.3) is 11.5 Å². The van der Waals surface area contributed by atoms with Crippen LogP contribution in [0.15, 0.2) is 18.3 Å². The van der Waals surface area contributed by atoms with Gasteiger partial charge in [-0.3, -0.25) is 9.78 Å². The quantitative estimate of drug-likeness (QED) is 0.668. The fourth-order valence-corrected chi connectivity index (χ4v) is 3.47. The number of likely N-dealkylation sites (N-methyl/N-ethyl adjacent to an activating group) is 1. The molecule has 8 nitrogen and oxygen atoms in total. The van der Waals surface area contributed by atoms with Crippen LogP contribution in [0.4, 0.5) is 5.82 Å². The number of nitrogens with zero attached hydrogens (tertiary/aromatic N) is 4. The topological polar surface area (TPSA) is 100 Å². The molecular formula is C23H33N5O3. The van der Waals surface area contributed by atoms with E-state index in [1.165, 1.54) is 0 Å². The zero-order valence-electron chi connectivity index (χ0n) is 19.3. The summed E-state index contributed by atoms with van der Waals surface area (Å²) in [6.45, 7) is 9.32. The predicted molar refractivity (Wildman–Crippen MR) is 120 cm³/mol. The Bertz CT molecular complexity index is 939. The molecule has 2 heterocycles. The minimum atomic E-state index is -0.934. The molecule has 168 valence electrons. The highest BCUT2D eigenvalue weighted by Crippen LogP contribution is 2.32. The first-order valence-corrected chi connectivity index (χ1v) is 10.8. The lowest BCUT2D eigenvalue weighted by molar-refractivity contribution is -0.122. The molecule has 1 unspecified atom stereocenters. The normalized spacial score (nSPS) is 14.3. The Hall–Kier alpha value is -2.74. The molecule has 1 amide bonds. The third-order valence-electron chi connectivity index (χ3n) is 5.19. The number of aryl methyl sites for hydroxylation is 1. The molecule has 8 heteroatoms. The van der Waals surface area contributed by atoms with Crippen LogP contribution in [0.1, 0.15) is 52.3 Å². The van der Waals surface area contributed by atoms with E-state index in [1.807, 2.05) is 32.7 Å². The number of amides is 1. The maximum atomic E-state index is 12.6. The van der Waals surface area contributed by atoms with Crippen molar-refractivity contribution in [3.63, 3.8) is 0 Å². The van der Waals surface area contributed by atoms with E-state index in [0.717, 1.165) is 36.3 Å². The van der Waals surface area contributed by atoms with E-state index < -0.39 is 5.60 Å². The van der Waals surface area contributed by atoms with Crippen molar-refractivity contribution in [1.82, 2.24) is 20.3 Å². The molecule has 0 radical (unpaired) electrons. The maximum Gasteiger partial charge on any atom is 0.242 e. The smallest absolute Gasteiger partial charge is 0.242 e. The van der Waals surface area contributed by atoms with Gasteiger partial charge >= 0.3 is 0 Å². The lowest BCUT2D eigenvalue weighted by Gasteiger charge is -2.28. The van der Waals surface area contributed by atoms with Gasteiger partial charge in [-0.15, -0.1) is 0 Å². The van der Waals surface area contributed by atoms with Crippen molar-refractivity contribution in [3.8, 4) is 17.3 Å². The van der Waals surface area contributed by atoms with Gasteiger partial charge in [0.1, 0.15) is 29.9 Å². The van der Waals surface area contributed by atoms with E-state index in [-0.39, 0.29) is 24.6 Å². The van der Waals surface area contributed by atoms with Crippen molar-refractivity contribution in [3.05, 3.63) is 29.6 Å². The number of hydrogen-bond donors (Lipinski definition) is 2. The van der Waals surface area contributed by atoms with E-state index in [1.54, 1.807) is 32.2 Å². The molecule has 3 rings (SSSR count). The van der Waals surface area contributed by atoms with Gasteiger partial charge in [0.15, 0.2) is 5.82 Å². The third kappa shape index (κ3) is 5.70. The molecule has 1 atom stereocenters. The number of carbonyl (C=O) groups excluding carboxylic acids is 1. The first-order valence-electron chi connectivity index (χ1n) is 10.8. The largest absolute Gasteiger partial charge is 0.490 e. The summed E-state index contributed by atoms with van der Waals surface area (Å²) >= 11 is 0. The van der Waals surface area contributed by atoms with Gasteiger partial charge in [-0.1, -0.05) is 0 Å². The first kappa shape index (κ1) is 22.9. The van der Waals surface area contributed by atoms with Gasteiger partial charge in [0.25, 0.3) is 0 Å². The van der Waals surface area contributed by atoms with Crippen LogP contribution in [0.5, 0.6) is 5.75 Å². The number of fused-ring (bicyclic) bond motifs is 1. The fraction of sp³-hybridized carbons (Fsp3) is 0.565. The zero-order chi connectivity index (χ0) is 22.8. The van der Waals surface area contributed by atoms with E-state index in [4.69, 9.17) is 14.7 Å². The maximum absolute atomic E-state index is 12.6. The van der Waals surface area contributed by atoms with Gasteiger partial charge in [-0.05, 0) is 59.9 Å². The van der Waals surface area contributed by atoms with Crippen LogP contribution in [0.2, 0.25) is 0 Å². The van der Waals surface area contributed by atoms with Crippen molar-refractivity contribution in [2.45, 2.75) is 71.6 Å². The Kier molecular flexibility index (Phi) is 6.79. The van der Waals surface area contributed by atoms with Crippen molar-refractivity contribution in [1.29, 1.82) is 0 Å². The number of carbonyl (C=O) groups is 1. The van der Waals surface area contributed by atoms with Crippen LogP contribution in [0, 0.1) is 0 Å².